The molecule has 6 nitrogen and oxygen atoms in total. The van der Waals surface area contributed by atoms with Crippen molar-refractivity contribution in [2.45, 2.75) is 32.5 Å². The van der Waals surface area contributed by atoms with E-state index < -0.39 is 5.60 Å². The van der Waals surface area contributed by atoms with Crippen LogP contribution in [-0.2, 0) is 4.74 Å². The molecule has 1 amide bonds. The Hall–Kier alpha value is -1.73. The number of fused-ring (bicyclic) bond motifs is 1. The van der Waals surface area contributed by atoms with Gasteiger partial charge in [-0.25, -0.2) is 4.98 Å². The number of carbonyl (C=O) groups is 1. The van der Waals surface area contributed by atoms with Crippen molar-refractivity contribution in [1.82, 2.24) is 14.3 Å². The molecule has 0 bridgehead atoms. The summed E-state index contributed by atoms with van der Waals surface area (Å²) in [4.78, 5) is 31.4. The second-order valence-electron chi connectivity index (χ2n) is 5.91. The minimum absolute atomic E-state index is 0.0571. The van der Waals surface area contributed by atoms with Gasteiger partial charge in [0.15, 0.2) is 4.96 Å². The van der Waals surface area contributed by atoms with Gasteiger partial charge >= 0.3 is 0 Å². The Labute approximate surface area is 126 Å². The summed E-state index contributed by atoms with van der Waals surface area (Å²) >= 11 is 1.36. The first-order valence-corrected chi connectivity index (χ1v) is 7.67. The summed E-state index contributed by atoms with van der Waals surface area (Å²) in [7, 11) is 0. The molecule has 0 aliphatic carbocycles. The SMILES string of the molecule is CC1CN(C(=O)c2cnc3sccn3c2=O)CC(C)(C)O1. The van der Waals surface area contributed by atoms with Crippen LogP contribution in [0.25, 0.3) is 4.96 Å². The van der Waals surface area contributed by atoms with E-state index in [1.165, 1.54) is 21.9 Å². The summed E-state index contributed by atoms with van der Waals surface area (Å²) in [6.45, 7) is 6.75. The maximum atomic E-state index is 12.6. The van der Waals surface area contributed by atoms with Gasteiger partial charge in [0.25, 0.3) is 11.5 Å². The Balaban J connectivity index is 1.96. The molecule has 112 valence electrons. The Kier molecular flexibility index (Phi) is 3.33. The lowest BCUT2D eigenvalue weighted by molar-refractivity contribution is -0.118. The fourth-order valence-corrected chi connectivity index (χ4v) is 3.43. The lowest BCUT2D eigenvalue weighted by atomic mass is 10.0. The average molecular weight is 307 g/mol. The van der Waals surface area contributed by atoms with E-state index in [1.54, 1.807) is 16.5 Å². The number of nitrogens with zero attached hydrogens (tertiary/aromatic N) is 3. The molecule has 1 aliphatic rings. The lowest BCUT2D eigenvalue weighted by Gasteiger charge is -2.41. The topological polar surface area (TPSA) is 63.9 Å². The molecule has 0 radical (unpaired) electrons. The molecule has 1 fully saturated rings. The van der Waals surface area contributed by atoms with Crippen LogP contribution in [0.3, 0.4) is 0 Å². The van der Waals surface area contributed by atoms with Crippen molar-refractivity contribution in [2.75, 3.05) is 13.1 Å². The van der Waals surface area contributed by atoms with Crippen LogP contribution < -0.4 is 5.56 Å². The number of morpholine rings is 1. The number of carbonyl (C=O) groups excluding carboxylic acids is 1. The van der Waals surface area contributed by atoms with Gasteiger partial charge in [-0.3, -0.25) is 14.0 Å². The van der Waals surface area contributed by atoms with Crippen LogP contribution in [0.5, 0.6) is 0 Å². The van der Waals surface area contributed by atoms with Crippen LogP contribution in [0.15, 0.2) is 22.6 Å². The first-order chi connectivity index (χ1) is 9.87. The van der Waals surface area contributed by atoms with Crippen molar-refractivity contribution in [2.24, 2.45) is 0 Å². The van der Waals surface area contributed by atoms with Gasteiger partial charge in [-0.2, -0.15) is 0 Å². The van der Waals surface area contributed by atoms with E-state index in [1.807, 2.05) is 20.8 Å². The maximum absolute atomic E-state index is 12.6. The van der Waals surface area contributed by atoms with Crippen LogP contribution in [0.4, 0.5) is 0 Å². The predicted octanol–water partition coefficient (Wildman–Crippen LogP) is 1.40. The van der Waals surface area contributed by atoms with Gasteiger partial charge in [0.05, 0.1) is 11.7 Å². The summed E-state index contributed by atoms with van der Waals surface area (Å²) in [6, 6.07) is 0. The Morgan fingerprint density at radius 1 is 1.52 bits per heavy atom. The van der Waals surface area contributed by atoms with Crippen molar-refractivity contribution < 1.29 is 9.53 Å². The van der Waals surface area contributed by atoms with E-state index in [9.17, 15) is 9.59 Å². The van der Waals surface area contributed by atoms with Crippen LogP contribution in [0.1, 0.15) is 31.1 Å². The molecule has 1 atom stereocenters. The van der Waals surface area contributed by atoms with E-state index in [0.29, 0.717) is 18.1 Å². The van der Waals surface area contributed by atoms with E-state index in [-0.39, 0.29) is 23.1 Å². The molecular weight excluding hydrogens is 290 g/mol. The van der Waals surface area contributed by atoms with E-state index in [0.717, 1.165) is 0 Å². The summed E-state index contributed by atoms with van der Waals surface area (Å²) < 4.78 is 7.20. The second-order valence-corrected chi connectivity index (χ2v) is 6.78. The number of amides is 1. The molecule has 1 aliphatic heterocycles. The fraction of sp³-hybridized carbons (Fsp3) is 0.500. The first-order valence-electron chi connectivity index (χ1n) is 6.79. The molecule has 7 heteroatoms. The molecule has 1 saturated heterocycles. The van der Waals surface area contributed by atoms with Gasteiger partial charge in [0.2, 0.25) is 0 Å². The highest BCUT2D eigenvalue weighted by Gasteiger charge is 2.35. The zero-order valence-corrected chi connectivity index (χ0v) is 13.0. The summed E-state index contributed by atoms with van der Waals surface area (Å²) in [5.41, 5.74) is -0.623. The van der Waals surface area contributed by atoms with Crippen molar-refractivity contribution in [3.05, 3.63) is 33.7 Å². The van der Waals surface area contributed by atoms with E-state index in [4.69, 9.17) is 4.74 Å². The first kappa shape index (κ1) is 14.2. The summed E-state index contributed by atoms with van der Waals surface area (Å²) in [5, 5.41) is 1.78. The van der Waals surface area contributed by atoms with Crippen LogP contribution >= 0.6 is 11.3 Å². The van der Waals surface area contributed by atoms with Gasteiger partial charge in [-0.15, -0.1) is 11.3 Å². The van der Waals surface area contributed by atoms with Crippen molar-refractivity contribution >= 4 is 22.2 Å². The minimum atomic E-state index is -0.413. The van der Waals surface area contributed by atoms with Gasteiger partial charge in [0, 0.05) is 30.9 Å². The van der Waals surface area contributed by atoms with Crippen molar-refractivity contribution in [3.8, 4) is 0 Å². The fourth-order valence-electron chi connectivity index (χ4n) is 2.75. The predicted molar refractivity (Wildman–Crippen MR) is 79.9 cm³/mol. The molecule has 3 rings (SSSR count). The lowest BCUT2D eigenvalue weighted by Crippen LogP contribution is -2.54. The van der Waals surface area contributed by atoms with Crippen LogP contribution in [-0.4, -0.2) is 45.0 Å². The van der Waals surface area contributed by atoms with E-state index in [2.05, 4.69) is 4.98 Å². The summed E-state index contributed by atoms with van der Waals surface area (Å²) in [5.74, 6) is -0.281. The van der Waals surface area contributed by atoms with E-state index >= 15 is 0 Å². The molecule has 21 heavy (non-hydrogen) atoms. The third-order valence-corrected chi connectivity index (χ3v) is 4.20. The molecule has 0 saturated carbocycles. The second kappa shape index (κ2) is 4.92. The Morgan fingerprint density at radius 3 is 3.00 bits per heavy atom. The highest BCUT2D eigenvalue weighted by molar-refractivity contribution is 7.15. The van der Waals surface area contributed by atoms with Crippen molar-refractivity contribution in [3.63, 3.8) is 0 Å². The summed E-state index contributed by atoms with van der Waals surface area (Å²) in [6.07, 6.45) is 2.96. The zero-order valence-electron chi connectivity index (χ0n) is 12.2. The normalized spacial score (nSPS) is 21.7. The number of hydrogen-bond donors (Lipinski definition) is 0. The molecule has 1 unspecified atom stereocenters. The molecule has 0 N–H and O–H groups in total. The number of aromatic nitrogens is 2. The van der Waals surface area contributed by atoms with Crippen molar-refractivity contribution in [1.29, 1.82) is 0 Å². The number of thiazole rings is 1. The maximum Gasteiger partial charge on any atom is 0.271 e. The molecule has 0 spiro atoms. The van der Waals surface area contributed by atoms with Gasteiger partial charge in [0.1, 0.15) is 5.56 Å². The van der Waals surface area contributed by atoms with Crippen LogP contribution in [0.2, 0.25) is 0 Å². The third-order valence-electron chi connectivity index (χ3n) is 3.43. The number of ether oxygens (including phenoxy) is 1. The monoisotopic (exact) mass is 307 g/mol. The van der Waals surface area contributed by atoms with Gasteiger partial charge in [-0.1, -0.05) is 0 Å². The quantitative estimate of drug-likeness (QED) is 0.799. The smallest absolute Gasteiger partial charge is 0.271 e. The average Bonchev–Trinajstić information content (AvgIpc) is 2.85. The molecule has 0 aromatic carbocycles. The number of rotatable bonds is 1. The third kappa shape index (κ3) is 2.58. The molecule has 3 heterocycles. The van der Waals surface area contributed by atoms with Crippen LogP contribution in [0, 0.1) is 0 Å². The standard InChI is InChI=1S/C14H17N3O3S/c1-9-7-16(8-14(2,3)20-9)11(18)10-6-15-13-17(12(10)19)4-5-21-13/h4-6,9H,7-8H2,1-3H3. The Bertz CT molecular complexity index is 749. The Morgan fingerprint density at radius 2 is 2.29 bits per heavy atom. The molecular formula is C14H17N3O3S. The largest absolute Gasteiger partial charge is 0.369 e. The highest BCUT2D eigenvalue weighted by Crippen LogP contribution is 2.21. The molecule has 2 aromatic heterocycles. The highest BCUT2D eigenvalue weighted by atomic mass is 32.1. The molecule has 2 aromatic rings. The minimum Gasteiger partial charge on any atom is -0.369 e. The zero-order chi connectivity index (χ0) is 15.2. The number of hydrogen-bond acceptors (Lipinski definition) is 5. The van der Waals surface area contributed by atoms with Gasteiger partial charge < -0.3 is 9.64 Å². The van der Waals surface area contributed by atoms with Gasteiger partial charge in [-0.05, 0) is 20.8 Å².